The van der Waals surface area contributed by atoms with E-state index >= 15 is 0 Å². The largest absolute Gasteiger partial charge is 0.491 e. The molecule has 0 aliphatic heterocycles. The number of benzene rings is 1. The molecule has 0 aliphatic carbocycles. The molecule has 0 saturated heterocycles. The number of ether oxygens (including phenoxy) is 1. The number of nitrogens with two attached hydrogens (primary N) is 1. The molecule has 5 heteroatoms. The Labute approximate surface area is 93.6 Å². The third-order valence-corrected chi connectivity index (χ3v) is 2.04. The summed E-state index contributed by atoms with van der Waals surface area (Å²) in [7, 11) is 0. The molecule has 0 aromatic heterocycles. The predicted octanol–water partition coefficient (Wildman–Crippen LogP) is 1.51. The molecule has 1 rings (SSSR count). The van der Waals surface area contributed by atoms with E-state index in [2.05, 4.69) is 5.32 Å². The van der Waals surface area contributed by atoms with Gasteiger partial charge in [-0.1, -0.05) is 0 Å². The summed E-state index contributed by atoms with van der Waals surface area (Å²) in [5, 5.41) is 2.78. The highest BCUT2D eigenvalue weighted by molar-refractivity contribution is 5.82. The van der Waals surface area contributed by atoms with E-state index in [9.17, 15) is 9.18 Å². The van der Waals surface area contributed by atoms with Gasteiger partial charge in [-0.15, -0.1) is 0 Å². The normalized spacial score (nSPS) is 11.9. The van der Waals surface area contributed by atoms with Crippen molar-refractivity contribution in [2.75, 3.05) is 11.9 Å². The topological polar surface area (TPSA) is 64.3 Å². The minimum atomic E-state index is -0.544. The number of carbonyl (C=O) groups is 1. The molecule has 0 bridgehead atoms. The van der Waals surface area contributed by atoms with Crippen LogP contribution in [0.2, 0.25) is 0 Å². The summed E-state index contributed by atoms with van der Waals surface area (Å²) in [6, 6.07) is 3.87. The zero-order valence-corrected chi connectivity index (χ0v) is 9.29. The molecule has 1 atom stereocenters. The van der Waals surface area contributed by atoms with Crippen LogP contribution in [-0.2, 0) is 4.79 Å². The number of anilines is 1. The first-order valence-corrected chi connectivity index (χ1v) is 5.02. The van der Waals surface area contributed by atoms with Gasteiger partial charge >= 0.3 is 0 Å². The number of halogens is 1. The standard InChI is InChI=1S/C11H15FN2O2/c1-3-16-10-5-4-8(6-9(10)12)14-7(2)11(13)15/h4-7,14H,3H2,1-2H3,(H2,13,15). The minimum absolute atomic E-state index is 0.194. The molecule has 1 amide bonds. The monoisotopic (exact) mass is 226 g/mol. The average molecular weight is 226 g/mol. The molecule has 0 fully saturated rings. The van der Waals surface area contributed by atoms with Crippen molar-refractivity contribution in [1.29, 1.82) is 0 Å². The Kier molecular flexibility index (Phi) is 4.10. The van der Waals surface area contributed by atoms with E-state index in [1.54, 1.807) is 19.9 Å². The third kappa shape index (κ3) is 3.12. The summed E-state index contributed by atoms with van der Waals surface area (Å²) in [5.41, 5.74) is 5.57. The van der Waals surface area contributed by atoms with E-state index in [-0.39, 0.29) is 5.75 Å². The molecule has 4 nitrogen and oxygen atoms in total. The lowest BCUT2D eigenvalue weighted by Gasteiger charge is -2.12. The van der Waals surface area contributed by atoms with Gasteiger partial charge < -0.3 is 15.8 Å². The molecule has 1 unspecified atom stereocenters. The van der Waals surface area contributed by atoms with E-state index in [0.29, 0.717) is 12.3 Å². The molecule has 88 valence electrons. The zero-order valence-electron chi connectivity index (χ0n) is 9.29. The van der Waals surface area contributed by atoms with Crippen LogP contribution in [0.25, 0.3) is 0 Å². The molecular weight excluding hydrogens is 211 g/mol. The van der Waals surface area contributed by atoms with Gasteiger partial charge in [0, 0.05) is 11.8 Å². The smallest absolute Gasteiger partial charge is 0.239 e. The van der Waals surface area contributed by atoms with Gasteiger partial charge in [0.15, 0.2) is 11.6 Å². The molecule has 1 aromatic carbocycles. The quantitative estimate of drug-likeness (QED) is 0.799. The maximum absolute atomic E-state index is 13.4. The van der Waals surface area contributed by atoms with Crippen molar-refractivity contribution in [1.82, 2.24) is 0 Å². The lowest BCUT2D eigenvalue weighted by Crippen LogP contribution is -2.32. The van der Waals surface area contributed by atoms with E-state index in [4.69, 9.17) is 10.5 Å². The lowest BCUT2D eigenvalue weighted by atomic mass is 10.2. The number of nitrogens with one attached hydrogen (secondary N) is 1. The van der Waals surface area contributed by atoms with Crippen molar-refractivity contribution in [2.45, 2.75) is 19.9 Å². The molecule has 0 spiro atoms. The number of hydrogen-bond acceptors (Lipinski definition) is 3. The maximum Gasteiger partial charge on any atom is 0.239 e. The molecule has 1 aromatic rings. The van der Waals surface area contributed by atoms with Gasteiger partial charge in [0.25, 0.3) is 0 Å². The summed E-state index contributed by atoms with van der Waals surface area (Å²) in [5.74, 6) is -0.766. The Balaban J connectivity index is 2.77. The fourth-order valence-electron chi connectivity index (χ4n) is 1.18. The summed E-state index contributed by atoms with van der Waals surface area (Å²) in [6.45, 7) is 3.79. The fraction of sp³-hybridized carbons (Fsp3) is 0.364. The second kappa shape index (κ2) is 5.34. The second-order valence-corrected chi connectivity index (χ2v) is 3.35. The van der Waals surface area contributed by atoms with Crippen LogP contribution in [0.5, 0.6) is 5.75 Å². The molecule has 0 radical (unpaired) electrons. The second-order valence-electron chi connectivity index (χ2n) is 3.35. The molecule has 0 saturated carbocycles. The van der Waals surface area contributed by atoms with Gasteiger partial charge in [0.05, 0.1) is 6.61 Å². The van der Waals surface area contributed by atoms with Crippen molar-refractivity contribution in [3.63, 3.8) is 0 Å². The van der Waals surface area contributed by atoms with Crippen LogP contribution >= 0.6 is 0 Å². The molecule has 16 heavy (non-hydrogen) atoms. The molecule has 3 N–H and O–H groups in total. The van der Waals surface area contributed by atoms with E-state index < -0.39 is 17.8 Å². The van der Waals surface area contributed by atoms with Crippen LogP contribution in [-0.4, -0.2) is 18.6 Å². The number of hydrogen-bond donors (Lipinski definition) is 2. The Hall–Kier alpha value is -1.78. The first kappa shape index (κ1) is 12.3. The van der Waals surface area contributed by atoms with Crippen molar-refractivity contribution in [3.8, 4) is 5.75 Å². The maximum atomic E-state index is 13.4. The van der Waals surface area contributed by atoms with Gasteiger partial charge in [0.2, 0.25) is 5.91 Å². The van der Waals surface area contributed by atoms with Gasteiger partial charge in [-0.05, 0) is 26.0 Å². The van der Waals surface area contributed by atoms with Crippen LogP contribution in [0, 0.1) is 5.82 Å². The van der Waals surface area contributed by atoms with Gasteiger partial charge in [-0.3, -0.25) is 4.79 Å². The number of primary amides is 1. The summed E-state index contributed by atoms with van der Waals surface area (Å²) < 4.78 is 18.5. The first-order chi connectivity index (χ1) is 7.54. The SMILES string of the molecule is CCOc1ccc(NC(C)C(N)=O)cc1F. The zero-order chi connectivity index (χ0) is 12.1. The molecule has 0 heterocycles. The summed E-state index contributed by atoms with van der Waals surface area (Å²) >= 11 is 0. The Morgan fingerprint density at radius 3 is 2.81 bits per heavy atom. The Morgan fingerprint density at radius 2 is 2.31 bits per heavy atom. The van der Waals surface area contributed by atoms with Gasteiger partial charge in [0.1, 0.15) is 6.04 Å². The summed E-state index contributed by atoms with van der Waals surface area (Å²) in [6.07, 6.45) is 0. The van der Waals surface area contributed by atoms with Crippen LogP contribution in [0.1, 0.15) is 13.8 Å². The van der Waals surface area contributed by atoms with Crippen molar-refractivity contribution >= 4 is 11.6 Å². The third-order valence-electron chi connectivity index (χ3n) is 2.04. The lowest BCUT2D eigenvalue weighted by molar-refractivity contribution is -0.118. The van der Waals surface area contributed by atoms with Gasteiger partial charge in [-0.2, -0.15) is 0 Å². The van der Waals surface area contributed by atoms with Crippen molar-refractivity contribution in [2.24, 2.45) is 5.73 Å². The number of amides is 1. The predicted molar refractivity (Wildman–Crippen MR) is 59.8 cm³/mol. The summed E-state index contributed by atoms with van der Waals surface area (Å²) in [4.78, 5) is 10.8. The molecule has 0 aliphatic rings. The van der Waals surface area contributed by atoms with Crippen LogP contribution in [0.4, 0.5) is 10.1 Å². The Morgan fingerprint density at radius 1 is 1.62 bits per heavy atom. The minimum Gasteiger partial charge on any atom is -0.491 e. The Bertz CT molecular complexity index is 382. The van der Waals surface area contributed by atoms with Crippen LogP contribution < -0.4 is 15.8 Å². The highest BCUT2D eigenvalue weighted by atomic mass is 19.1. The highest BCUT2D eigenvalue weighted by Gasteiger charge is 2.10. The first-order valence-electron chi connectivity index (χ1n) is 5.02. The van der Waals surface area contributed by atoms with E-state index in [1.807, 2.05) is 0 Å². The van der Waals surface area contributed by atoms with Crippen LogP contribution in [0.3, 0.4) is 0 Å². The van der Waals surface area contributed by atoms with Crippen LogP contribution in [0.15, 0.2) is 18.2 Å². The van der Waals surface area contributed by atoms with Gasteiger partial charge in [-0.25, -0.2) is 4.39 Å². The number of carbonyl (C=O) groups excluding carboxylic acids is 1. The van der Waals surface area contributed by atoms with E-state index in [0.717, 1.165) is 0 Å². The average Bonchev–Trinajstić information content (AvgIpc) is 2.22. The van der Waals surface area contributed by atoms with Crippen molar-refractivity contribution in [3.05, 3.63) is 24.0 Å². The van der Waals surface area contributed by atoms with Crippen molar-refractivity contribution < 1.29 is 13.9 Å². The molecular formula is C11H15FN2O2. The fourth-order valence-corrected chi connectivity index (χ4v) is 1.18. The van der Waals surface area contributed by atoms with E-state index in [1.165, 1.54) is 12.1 Å². The number of rotatable bonds is 5. The highest BCUT2D eigenvalue weighted by Crippen LogP contribution is 2.21.